The lowest BCUT2D eigenvalue weighted by Gasteiger charge is -2.08. The second kappa shape index (κ2) is 8.48. The van der Waals surface area contributed by atoms with Crippen molar-refractivity contribution in [3.05, 3.63) is 46.3 Å². The predicted octanol–water partition coefficient (Wildman–Crippen LogP) is 3.73. The molecule has 6 nitrogen and oxygen atoms in total. The van der Waals surface area contributed by atoms with Crippen LogP contribution in [0.1, 0.15) is 18.1 Å². The number of ether oxygens (including phenoxy) is 3. The maximum absolute atomic E-state index is 12.6. The number of aryl methyl sites for hydroxylation is 2. The Morgan fingerprint density at radius 2 is 1.71 bits per heavy atom. The molecule has 0 aliphatic carbocycles. The van der Waals surface area contributed by atoms with Crippen molar-refractivity contribution < 1.29 is 19.0 Å². The van der Waals surface area contributed by atoms with Gasteiger partial charge in [0, 0.05) is 6.54 Å². The third-order valence-corrected chi connectivity index (χ3v) is 5.76. The number of benzene rings is 2. The zero-order valence-corrected chi connectivity index (χ0v) is 17.6. The van der Waals surface area contributed by atoms with Crippen molar-refractivity contribution >= 4 is 27.5 Å². The van der Waals surface area contributed by atoms with Crippen molar-refractivity contribution in [2.75, 3.05) is 21.3 Å². The van der Waals surface area contributed by atoms with Crippen LogP contribution in [-0.4, -0.2) is 31.8 Å². The maximum Gasteiger partial charge on any atom is 0.252 e. The minimum absolute atomic E-state index is 0.189. The predicted molar refractivity (Wildman–Crippen MR) is 111 cm³/mol. The van der Waals surface area contributed by atoms with Crippen molar-refractivity contribution in [3.8, 4) is 17.2 Å². The smallest absolute Gasteiger partial charge is 0.252 e. The largest absolute Gasteiger partial charge is 0.495 e. The van der Waals surface area contributed by atoms with Crippen LogP contribution in [0.3, 0.4) is 0 Å². The lowest BCUT2D eigenvalue weighted by atomic mass is 10.1. The molecule has 1 amide bonds. The van der Waals surface area contributed by atoms with E-state index in [0.29, 0.717) is 22.8 Å². The highest BCUT2D eigenvalue weighted by Gasteiger charge is 2.14. The van der Waals surface area contributed by atoms with E-state index in [1.54, 1.807) is 33.5 Å². The van der Waals surface area contributed by atoms with Crippen LogP contribution in [0.25, 0.3) is 10.2 Å². The molecule has 1 aromatic heterocycles. The fourth-order valence-corrected chi connectivity index (χ4v) is 4.33. The van der Waals surface area contributed by atoms with Crippen LogP contribution in [0.15, 0.2) is 35.3 Å². The average molecular weight is 401 g/mol. The zero-order chi connectivity index (χ0) is 20.3. The van der Waals surface area contributed by atoms with Gasteiger partial charge in [-0.25, -0.2) is 0 Å². The highest BCUT2D eigenvalue weighted by Crippen LogP contribution is 2.30. The van der Waals surface area contributed by atoms with Crippen molar-refractivity contribution in [2.24, 2.45) is 4.99 Å². The molecule has 3 rings (SSSR count). The number of rotatable bonds is 6. The highest BCUT2D eigenvalue weighted by molar-refractivity contribution is 7.16. The Balaban J connectivity index is 2.00. The van der Waals surface area contributed by atoms with Crippen molar-refractivity contribution in [1.82, 2.24) is 4.57 Å². The van der Waals surface area contributed by atoms with E-state index in [9.17, 15) is 4.79 Å². The first-order chi connectivity index (χ1) is 13.5. The lowest BCUT2D eigenvalue weighted by molar-refractivity contribution is -0.117. The van der Waals surface area contributed by atoms with Gasteiger partial charge in [-0.2, -0.15) is 4.99 Å². The number of hydrogen-bond acceptors (Lipinski definition) is 5. The molecule has 0 bridgehead atoms. The standard InChI is InChI=1S/C21H24N2O4S/c1-6-23-19-16(26-4)9-7-13(2)20(19)28-21(23)22-18(24)12-14-8-10-15(25-3)17(11-14)27-5/h7-11H,6,12H2,1-5H3. The molecule has 0 aliphatic heterocycles. The van der Waals surface area contributed by atoms with E-state index in [1.807, 2.05) is 36.6 Å². The SMILES string of the molecule is CCn1c(=NC(=O)Cc2ccc(OC)c(OC)c2)sc2c(C)ccc(OC)c21. The number of methoxy groups -OCH3 is 3. The normalized spacial score (nSPS) is 11.7. The van der Waals surface area contributed by atoms with Gasteiger partial charge < -0.3 is 18.8 Å². The molecule has 1 heterocycles. The molecule has 3 aromatic rings. The zero-order valence-electron chi connectivity index (χ0n) is 16.7. The van der Waals surface area contributed by atoms with Gasteiger partial charge in [-0.3, -0.25) is 4.79 Å². The summed E-state index contributed by atoms with van der Waals surface area (Å²) in [5, 5.41) is 0. The molecule has 7 heteroatoms. The molecule has 0 aliphatic rings. The lowest BCUT2D eigenvalue weighted by Crippen LogP contribution is -2.16. The monoisotopic (exact) mass is 400 g/mol. The first kappa shape index (κ1) is 19.9. The van der Waals surface area contributed by atoms with Gasteiger partial charge in [0.15, 0.2) is 16.3 Å². The topological polar surface area (TPSA) is 62.1 Å². The Bertz CT molecular complexity index is 1080. The van der Waals surface area contributed by atoms with Crippen LogP contribution in [0.2, 0.25) is 0 Å². The van der Waals surface area contributed by atoms with Gasteiger partial charge in [0.05, 0.1) is 32.5 Å². The summed E-state index contributed by atoms with van der Waals surface area (Å²) in [5.74, 6) is 1.80. The summed E-state index contributed by atoms with van der Waals surface area (Å²) >= 11 is 1.51. The Labute approximate surface area is 168 Å². The first-order valence-corrected chi connectivity index (χ1v) is 9.79. The first-order valence-electron chi connectivity index (χ1n) is 8.97. The van der Waals surface area contributed by atoms with E-state index < -0.39 is 0 Å². The van der Waals surface area contributed by atoms with Crippen LogP contribution in [0.5, 0.6) is 17.2 Å². The molecule has 0 fully saturated rings. The molecule has 0 atom stereocenters. The van der Waals surface area contributed by atoms with Gasteiger partial charge in [0.2, 0.25) is 0 Å². The van der Waals surface area contributed by atoms with Crippen LogP contribution in [0, 0.1) is 6.92 Å². The number of carbonyl (C=O) groups excluding carboxylic acids is 1. The molecule has 0 saturated carbocycles. The second-order valence-electron chi connectivity index (χ2n) is 6.26. The second-order valence-corrected chi connectivity index (χ2v) is 7.24. The van der Waals surface area contributed by atoms with Gasteiger partial charge in [-0.1, -0.05) is 23.5 Å². The third kappa shape index (κ3) is 3.75. The Kier molecular flexibility index (Phi) is 6.04. The molecule has 0 saturated heterocycles. The van der Waals surface area contributed by atoms with E-state index in [1.165, 1.54) is 11.3 Å². The van der Waals surface area contributed by atoms with Crippen LogP contribution < -0.4 is 19.0 Å². The minimum atomic E-state index is -0.211. The molecule has 148 valence electrons. The number of aromatic nitrogens is 1. The number of thiazole rings is 1. The quantitative estimate of drug-likeness (QED) is 0.633. The van der Waals surface area contributed by atoms with Crippen LogP contribution >= 0.6 is 11.3 Å². The van der Waals surface area contributed by atoms with Crippen molar-refractivity contribution in [3.63, 3.8) is 0 Å². The van der Waals surface area contributed by atoms with E-state index in [-0.39, 0.29) is 12.3 Å². The summed E-state index contributed by atoms with van der Waals surface area (Å²) in [5.41, 5.74) is 2.94. The molecule has 28 heavy (non-hydrogen) atoms. The molecule has 0 radical (unpaired) electrons. The number of amides is 1. The van der Waals surface area contributed by atoms with Crippen LogP contribution in [0.4, 0.5) is 0 Å². The summed E-state index contributed by atoms with van der Waals surface area (Å²) in [6.07, 6.45) is 0.189. The summed E-state index contributed by atoms with van der Waals surface area (Å²) in [6, 6.07) is 9.42. The molecular formula is C21H24N2O4S. The third-order valence-electron chi connectivity index (χ3n) is 4.55. The Morgan fingerprint density at radius 1 is 1.04 bits per heavy atom. The Morgan fingerprint density at radius 3 is 2.36 bits per heavy atom. The van der Waals surface area contributed by atoms with E-state index in [0.717, 1.165) is 27.1 Å². The van der Waals surface area contributed by atoms with Crippen molar-refractivity contribution in [1.29, 1.82) is 0 Å². The molecule has 0 N–H and O–H groups in total. The van der Waals surface area contributed by atoms with Gasteiger partial charge >= 0.3 is 0 Å². The van der Waals surface area contributed by atoms with Crippen LogP contribution in [-0.2, 0) is 17.8 Å². The number of nitrogens with zero attached hydrogens (tertiary/aromatic N) is 2. The average Bonchev–Trinajstić information content (AvgIpc) is 3.07. The van der Waals surface area contributed by atoms with Gasteiger partial charge in [-0.05, 0) is 43.2 Å². The Hall–Kier alpha value is -2.80. The molecular weight excluding hydrogens is 376 g/mol. The molecule has 2 aromatic carbocycles. The summed E-state index contributed by atoms with van der Waals surface area (Å²) in [4.78, 5) is 17.7. The van der Waals surface area contributed by atoms with Gasteiger partial charge in [0.1, 0.15) is 11.3 Å². The molecule has 0 unspecified atom stereocenters. The minimum Gasteiger partial charge on any atom is -0.495 e. The summed E-state index contributed by atoms with van der Waals surface area (Å²) in [6.45, 7) is 4.78. The summed E-state index contributed by atoms with van der Waals surface area (Å²) in [7, 11) is 4.81. The molecule has 0 spiro atoms. The van der Waals surface area contributed by atoms with Crippen molar-refractivity contribution in [2.45, 2.75) is 26.8 Å². The highest BCUT2D eigenvalue weighted by atomic mass is 32.1. The summed E-state index contributed by atoms with van der Waals surface area (Å²) < 4.78 is 19.2. The fourth-order valence-electron chi connectivity index (χ4n) is 3.13. The van der Waals surface area contributed by atoms with E-state index >= 15 is 0 Å². The van der Waals surface area contributed by atoms with E-state index in [4.69, 9.17) is 14.2 Å². The number of carbonyl (C=O) groups is 1. The fraction of sp³-hybridized carbons (Fsp3) is 0.333. The number of fused-ring (bicyclic) bond motifs is 1. The van der Waals surface area contributed by atoms with E-state index in [2.05, 4.69) is 4.99 Å². The van der Waals surface area contributed by atoms with Gasteiger partial charge in [0.25, 0.3) is 5.91 Å². The maximum atomic E-state index is 12.6. The number of hydrogen-bond donors (Lipinski definition) is 0. The van der Waals surface area contributed by atoms with Gasteiger partial charge in [-0.15, -0.1) is 0 Å².